The number of nitro benzene ring substituents is 1. The lowest BCUT2D eigenvalue weighted by Gasteiger charge is -2.17. The van der Waals surface area contributed by atoms with Gasteiger partial charge in [-0.05, 0) is 42.2 Å². The molecule has 8 nitrogen and oxygen atoms in total. The van der Waals surface area contributed by atoms with Gasteiger partial charge >= 0.3 is 6.03 Å². The van der Waals surface area contributed by atoms with E-state index in [1.165, 1.54) is 37.1 Å². The molecule has 4 rings (SSSR count). The van der Waals surface area contributed by atoms with E-state index in [1.807, 2.05) is 24.3 Å². The Kier molecular flexibility index (Phi) is 4.99. The van der Waals surface area contributed by atoms with Crippen molar-refractivity contribution in [1.29, 1.82) is 0 Å². The first-order valence-electron chi connectivity index (χ1n) is 9.44. The molecule has 0 aliphatic carbocycles. The maximum Gasteiger partial charge on any atom is 0.329 e. The highest BCUT2D eigenvalue weighted by molar-refractivity contribution is 6.13. The Bertz CT molecular complexity index is 977. The molecule has 29 heavy (non-hydrogen) atoms. The van der Waals surface area contributed by atoms with E-state index < -0.39 is 16.9 Å². The first-order valence-corrected chi connectivity index (χ1v) is 9.44. The highest BCUT2D eigenvalue weighted by Crippen LogP contribution is 2.23. The van der Waals surface area contributed by atoms with E-state index in [0.29, 0.717) is 5.56 Å². The van der Waals surface area contributed by atoms with Gasteiger partial charge in [0.05, 0.1) is 11.5 Å². The van der Waals surface area contributed by atoms with Gasteiger partial charge in [-0.2, -0.15) is 0 Å². The number of carbonyl (C=O) groups is 2. The number of nitrogens with one attached hydrogen (secondary N) is 1. The number of carbonyl (C=O) groups excluding carboxylic acids is 2. The molecule has 0 radical (unpaired) electrons. The quantitative estimate of drug-likeness (QED) is 0.365. The molecule has 3 amide bonds. The SMILES string of the molecule is O=C1N/C(=C\c2ccc(N3CCCC3)cc2)C(=O)N1Cc1ccc([N+](=O)[O-])cc1. The molecule has 0 unspecified atom stereocenters. The molecule has 2 fully saturated rings. The molecule has 0 bridgehead atoms. The monoisotopic (exact) mass is 392 g/mol. The molecular weight excluding hydrogens is 372 g/mol. The van der Waals surface area contributed by atoms with E-state index >= 15 is 0 Å². The summed E-state index contributed by atoms with van der Waals surface area (Å²) in [7, 11) is 0. The maximum absolute atomic E-state index is 12.6. The summed E-state index contributed by atoms with van der Waals surface area (Å²) < 4.78 is 0. The normalized spacial score (nSPS) is 17.9. The van der Waals surface area contributed by atoms with Crippen LogP contribution in [0.2, 0.25) is 0 Å². The Morgan fingerprint density at radius 1 is 1.00 bits per heavy atom. The second-order valence-electron chi connectivity index (χ2n) is 7.09. The van der Waals surface area contributed by atoms with Crippen LogP contribution >= 0.6 is 0 Å². The predicted molar refractivity (Wildman–Crippen MR) is 108 cm³/mol. The molecule has 0 atom stereocenters. The number of nitro groups is 1. The number of urea groups is 1. The molecule has 2 aromatic rings. The number of benzene rings is 2. The predicted octanol–water partition coefficient (Wildman–Crippen LogP) is 3.29. The fourth-order valence-electron chi connectivity index (χ4n) is 3.54. The standard InChI is InChI=1S/C21H20N4O4/c26-20-19(13-15-3-7-17(8-4-15)23-11-1-2-12-23)22-21(27)24(20)14-16-5-9-18(10-6-16)25(28)29/h3-10,13H,1-2,11-12,14H2,(H,22,27)/b19-13-. The lowest BCUT2D eigenvalue weighted by Crippen LogP contribution is -2.30. The van der Waals surface area contributed by atoms with Crippen LogP contribution in [0.15, 0.2) is 54.2 Å². The summed E-state index contributed by atoms with van der Waals surface area (Å²) in [5.41, 5.74) is 2.80. The van der Waals surface area contributed by atoms with Crippen molar-refractivity contribution in [2.75, 3.05) is 18.0 Å². The Morgan fingerprint density at radius 3 is 2.28 bits per heavy atom. The average molecular weight is 392 g/mol. The minimum atomic E-state index is -0.506. The number of nitrogens with zero attached hydrogens (tertiary/aromatic N) is 3. The van der Waals surface area contributed by atoms with Crippen molar-refractivity contribution in [2.45, 2.75) is 19.4 Å². The zero-order valence-electron chi connectivity index (χ0n) is 15.7. The summed E-state index contributed by atoms with van der Waals surface area (Å²) in [6, 6.07) is 13.2. The second kappa shape index (κ2) is 7.75. The zero-order valence-corrected chi connectivity index (χ0v) is 15.7. The van der Waals surface area contributed by atoms with Gasteiger partial charge in [-0.15, -0.1) is 0 Å². The number of rotatable bonds is 5. The Balaban J connectivity index is 1.46. The molecule has 2 saturated heterocycles. The first kappa shape index (κ1) is 18.7. The van der Waals surface area contributed by atoms with Crippen LogP contribution in [0, 0.1) is 10.1 Å². The van der Waals surface area contributed by atoms with Gasteiger partial charge < -0.3 is 10.2 Å². The topological polar surface area (TPSA) is 95.8 Å². The summed E-state index contributed by atoms with van der Waals surface area (Å²) in [5.74, 6) is -0.419. The molecule has 0 aromatic heterocycles. The van der Waals surface area contributed by atoms with Crippen LogP contribution in [0.5, 0.6) is 0 Å². The van der Waals surface area contributed by atoms with Crippen molar-refractivity contribution in [2.24, 2.45) is 0 Å². The van der Waals surface area contributed by atoms with Crippen LogP contribution in [-0.2, 0) is 11.3 Å². The summed E-state index contributed by atoms with van der Waals surface area (Å²) in [5, 5.41) is 13.3. The zero-order chi connectivity index (χ0) is 20.4. The maximum atomic E-state index is 12.6. The van der Waals surface area contributed by atoms with E-state index in [0.717, 1.165) is 29.2 Å². The molecule has 0 saturated carbocycles. The van der Waals surface area contributed by atoms with Gasteiger partial charge in [0.2, 0.25) is 0 Å². The molecule has 2 aliphatic rings. The van der Waals surface area contributed by atoms with Crippen molar-refractivity contribution >= 4 is 29.4 Å². The lowest BCUT2D eigenvalue weighted by atomic mass is 10.1. The molecule has 2 aromatic carbocycles. The molecule has 148 valence electrons. The lowest BCUT2D eigenvalue weighted by molar-refractivity contribution is -0.384. The molecule has 1 N–H and O–H groups in total. The fourth-order valence-corrected chi connectivity index (χ4v) is 3.54. The second-order valence-corrected chi connectivity index (χ2v) is 7.09. The van der Waals surface area contributed by atoms with Crippen LogP contribution in [0.3, 0.4) is 0 Å². The molecule has 8 heteroatoms. The number of non-ortho nitro benzene ring substituents is 1. The minimum Gasteiger partial charge on any atom is -0.372 e. The fraction of sp³-hybridized carbons (Fsp3) is 0.238. The Labute approximate surface area is 167 Å². The van der Waals surface area contributed by atoms with Crippen LogP contribution in [0.4, 0.5) is 16.2 Å². The van der Waals surface area contributed by atoms with Crippen LogP contribution in [0.1, 0.15) is 24.0 Å². The van der Waals surface area contributed by atoms with Crippen LogP contribution < -0.4 is 10.2 Å². The third kappa shape index (κ3) is 3.96. The van der Waals surface area contributed by atoms with E-state index in [2.05, 4.69) is 10.2 Å². The minimum absolute atomic E-state index is 0.0380. The van der Waals surface area contributed by atoms with Crippen LogP contribution in [0.25, 0.3) is 6.08 Å². The summed E-state index contributed by atoms with van der Waals surface area (Å²) >= 11 is 0. The van der Waals surface area contributed by atoms with Crippen LogP contribution in [-0.4, -0.2) is 34.9 Å². The van der Waals surface area contributed by atoms with Crippen molar-refractivity contribution in [1.82, 2.24) is 10.2 Å². The average Bonchev–Trinajstić information content (AvgIpc) is 3.34. The van der Waals surface area contributed by atoms with Crippen molar-refractivity contribution in [3.05, 3.63) is 75.5 Å². The summed E-state index contributed by atoms with van der Waals surface area (Å²) in [6.45, 7) is 2.17. The molecule has 0 spiro atoms. The van der Waals surface area contributed by atoms with Gasteiger partial charge in [-0.3, -0.25) is 19.8 Å². The Hall–Kier alpha value is -3.68. The molecule has 2 heterocycles. The van der Waals surface area contributed by atoms with Gasteiger partial charge in [-0.25, -0.2) is 4.79 Å². The Morgan fingerprint density at radius 2 is 1.66 bits per heavy atom. The van der Waals surface area contributed by atoms with Gasteiger partial charge in [0.15, 0.2) is 0 Å². The number of anilines is 1. The number of imide groups is 1. The van der Waals surface area contributed by atoms with Crippen molar-refractivity contribution in [3.63, 3.8) is 0 Å². The molecule has 2 aliphatic heterocycles. The van der Waals surface area contributed by atoms with E-state index in [-0.39, 0.29) is 17.9 Å². The largest absolute Gasteiger partial charge is 0.372 e. The number of amides is 3. The van der Waals surface area contributed by atoms with Gasteiger partial charge in [0, 0.05) is 30.9 Å². The van der Waals surface area contributed by atoms with Gasteiger partial charge in [-0.1, -0.05) is 24.3 Å². The third-order valence-electron chi connectivity index (χ3n) is 5.13. The van der Waals surface area contributed by atoms with Crippen molar-refractivity contribution < 1.29 is 14.5 Å². The van der Waals surface area contributed by atoms with E-state index in [4.69, 9.17) is 0 Å². The molecular formula is C21H20N4O4. The van der Waals surface area contributed by atoms with Gasteiger partial charge in [0.1, 0.15) is 5.70 Å². The highest BCUT2D eigenvalue weighted by Gasteiger charge is 2.33. The van der Waals surface area contributed by atoms with E-state index in [9.17, 15) is 19.7 Å². The smallest absolute Gasteiger partial charge is 0.329 e. The number of hydrogen-bond acceptors (Lipinski definition) is 5. The first-order chi connectivity index (χ1) is 14.0. The summed E-state index contributed by atoms with van der Waals surface area (Å²) in [4.78, 5) is 38.5. The third-order valence-corrected chi connectivity index (χ3v) is 5.13. The summed E-state index contributed by atoms with van der Waals surface area (Å²) in [6.07, 6.45) is 4.07. The number of hydrogen-bond donors (Lipinski definition) is 1. The highest BCUT2D eigenvalue weighted by atomic mass is 16.6. The van der Waals surface area contributed by atoms with Gasteiger partial charge in [0.25, 0.3) is 11.6 Å². The van der Waals surface area contributed by atoms with Crippen molar-refractivity contribution in [3.8, 4) is 0 Å². The van der Waals surface area contributed by atoms with E-state index in [1.54, 1.807) is 6.08 Å².